The lowest BCUT2D eigenvalue weighted by Gasteiger charge is -2.09. The van der Waals surface area contributed by atoms with Gasteiger partial charge in [-0.1, -0.05) is 12.1 Å². The van der Waals surface area contributed by atoms with Crippen molar-refractivity contribution in [3.63, 3.8) is 0 Å². The van der Waals surface area contributed by atoms with Gasteiger partial charge in [0.2, 0.25) is 0 Å². The molecule has 9 heteroatoms. The second-order valence-corrected chi connectivity index (χ2v) is 6.40. The maximum atomic E-state index is 12.3. The molecule has 0 heterocycles. The number of nitro groups is 1. The normalized spacial score (nSPS) is 11.0. The highest BCUT2D eigenvalue weighted by Crippen LogP contribution is 2.26. The van der Waals surface area contributed by atoms with E-state index in [1.54, 1.807) is 0 Å². The molecule has 0 atom stereocenters. The molecule has 2 aromatic rings. The fraction of sp³-hybridized carbons (Fsp3) is 0.0714. The van der Waals surface area contributed by atoms with E-state index in [9.17, 15) is 23.3 Å². The van der Waals surface area contributed by atoms with E-state index in [-0.39, 0.29) is 27.6 Å². The predicted octanol–water partition coefficient (Wildman–Crippen LogP) is 2.18. The Hall–Kier alpha value is -2.94. The van der Waals surface area contributed by atoms with Gasteiger partial charge in [-0.25, -0.2) is 8.42 Å². The van der Waals surface area contributed by atoms with Crippen molar-refractivity contribution in [1.29, 1.82) is 0 Å². The fourth-order valence-corrected chi connectivity index (χ4v) is 2.96. The average Bonchev–Trinajstić information content (AvgIpc) is 2.49. The van der Waals surface area contributed by atoms with Crippen molar-refractivity contribution in [2.75, 3.05) is 10.5 Å². The number of benzene rings is 2. The number of carbonyl (C=O) groups is 1. The van der Waals surface area contributed by atoms with Crippen molar-refractivity contribution >= 4 is 32.9 Å². The van der Waals surface area contributed by atoms with Gasteiger partial charge in [0, 0.05) is 11.6 Å². The van der Waals surface area contributed by atoms with Crippen LogP contribution >= 0.6 is 0 Å². The van der Waals surface area contributed by atoms with Crippen LogP contribution in [0.3, 0.4) is 0 Å². The lowest BCUT2D eigenvalue weighted by atomic mass is 10.2. The van der Waals surface area contributed by atoms with Gasteiger partial charge < -0.3 is 5.73 Å². The Bertz CT molecular complexity index is 893. The van der Waals surface area contributed by atoms with Crippen LogP contribution in [-0.4, -0.2) is 19.1 Å². The monoisotopic (exact) mass is 335 g/mol. The van der Waals surface area contributed by atoms with Crippen molar-refractivity contribution in [1.82, 2.24) is 0 Å². The lowest BCUT2D eigenvalue weighted by Crippen LogP contribution is -2.14. The number of hydrogen-bond acceptors (Lipinski definition) is 6. The van der Waals surface area contributed by atoms with Crippen LogP contribution in [0.2, 0.25) is 0 Å². The summed E-state index contributed by atoms with van der Waals surface area (Å²) < 4.78 is 26.9. The quantitative estimate of drug-likeness (QED) is 0.372. The molecule has 0 fully saturated rings. The first-order valence-corrected chi connectivity index (χ1v) is 7.87. The Morgan fingerprint density at radius 1 is 1.22 bits per heavy atom. The third-order valence-corrected chi connectivity index (χ3v) is 4.41. The Kier molecular flexibility index (Phi) is 4.32. The molecule has 0 radical (unpaired) electrons. The summed E-state index contributed by atoms with van der Waals surface area (Å²) in [4.78, 5) is 21.4. The van der Waals surface area contributed by atoms with Crippen molar-refractivity contribution in [2.45, 2.75) is 11.8 Å². The number of nitrogen functional groups attached to an aromatic ring is 1. The minimum Gasteiger partial charge on any atom is -0.393 e. The van der Waals surface area contributed by atoms with Gasteiger partial charge in [0.1, 0.15) is 5.69 Å². The summed E-state index contributed by atoms with van der Waals surface area (Å²) in [6, 6.07) is 9.07. The van der Waals surface area contributed by atoms with Crippen LogP contribution in [0, 0.1) is 10.1 Å². The second kappa shape index (κ2) is 6.05. The van der Waals surface area contributed by atoms with Gasteiger partial charge in [-0.15, -0.1) is 0 Å². The van der Waals surface area contributed by atoms with E-state index in [2.05, 4.69) is 4.72 Å². The molecule has 0 saturated carbocycles. The Balaban J connectivity index is 2.39. The highest BCUT2D eigenvalue weighted by Gasteiger charge is 2.18. The first-order valence-electron chi connectivity index (χ1n) is 6.38. The summed E-state index contributed by atoms with van der Waals surface area (Å²) in [6.07, 6.45) is 0. The zero-order chi connectivity index (χ0) is 17.2. The van der Waals surface area contributed by atoms with Gasteiger partial charge in [-0.05, 0) is 31.2 Å². The fourth-order valence-electron chi connectivity index (χ4n) is 1.86. The number of nitrogens with two attached hydrogens (primary N) is 1. The van der Waals surface area contributed by atoms with Gasteiger partial charge >= 0.3 is 0 Å². The van der Waals surface area contributed by atoms with Crippen LogP contribution in [0.25, 0.3) is 0 Å². The topological polar surface area (TPSA) is 132 Å². The molecule has 3 N–H and O–H groups in total. The standard InChI is InChI=1S/C14H13N3O5S/c1-9(18)10-3-2-4-12(7-10)23(21,22)16-11-5-6-13(15)14(8-11)17(19)20/h2-8,16H,15H2,1H3. The van der Waals surface area contributed by atoms with Crippen LogP contribution in [-0.2, 0) is 10.0 Å². The molecule has 2 aromatic carbocycles. The van der Waals surface area contributed by atoms with E-state index in [0.29, 0.717) is 0 Å². The third-order valence-electron chi connectivity index (χ3n) is 3.03. The molecule has 0 unspecified atom stereocenters. The molecular weight excluding hydrogens is 322 g/mol. The molecule has 8 nitrogen and oxygen atoms in total. The summed E-state index contributed by atoms with van der Waals surface area (Å²) >= 11 is 0. The molecule has 23 heavy (non-hydrogen) atoms. The highest BCUT2D eigenvalue weighted by atomic mass is 32.2. The Morgan fingerprint density at radius 2 is 1.91 bits per heavy atom. The van der Waals surface area contributed by atoms with Crippen molar-refractivity contribution in [3.8, 4) is 0 Å². The lowest BCUT2D eigenvalue weighted by molar-refractivity contribution is -0.383. The van der Waals surface area contributed by atoms with Gasteiger partial charge in [0.25, 0.3) is 15.7 Å². The summed E-state index contributed by atoms with van der Waals surface area (Å²) in [5.41, 5.74) is 5.23. The molecule has 0 saturated heterocycles. The SMILES string of the molecule is CC(=O)c1cccc(S(=O)(=O)Nc2ccc(N)c([N+](=O)[O-])c2)c1. The number of nitrogens with zero attached hydrogens (tertiary/aromatic N) is 1. The van der Waals surface area contributed by atoms with E-state index >= 15 is 0 Å². The minimum absolute atomic E-state index is 0.000807. The van der Waals surface area contributed by atoms with Crippen molar-refractivity contribution in [2.24, 2.45) is 0 Å². The maximum Gasteiger partial charge on any atom is 0.294 e. The van der Waals surface area contributed by atoms with Crippen LogP contribution < -0.4 is 10.5 Å². The molecule has 0 aliphatic heterocycles. The van der Waals surface area contributed by atoms with Crippen LogP contribution in [0.4, 0.5) is 17.1 Å². The number of ketones is 1. The van der Waals surface area contributed by atoms with E-state index in [1.165, 1.54) is 43.3 Å². The average molecular weight is 335 g/mol. The molecule has 0 amide bonds. The van der Waals surface area contributed by atoms with E-state index in [1.807, 2.05) is 0 Å². The molecule has 0 aliphatic rings. The molecule has 120 valence electrons. The molecule has 0 aromatic heterocycles. The van der Waals surface area contributed by atoms with Crippen molar-refractivity contribution < 1.29 is 18.1 Å². The number of carbonyl (C=O) groups excluding carboxylic acids is 1. The smallest absolute Gasteiger partial charge is 0.294 e. The van der Waals surface area contributed by atoms with Crippen LogP contribution in [0.15, 0.2) is 47.4 Å². The zero-order valence-electron chi connectivity index (χ0n) is 12.0. The number of nitro benzene ring substituents is 1. The van der Waals surface area contributed by atoms with Crippen LogP contribution in [0.5, 0.6) is 0 Å². The molecule has 2 rings (SSSR count). The molecule has 0 spiro atoms. The number of hydrogen-bond donors (Lipinski definition) is 2. The summed E-state index contributed by atoms with van der Waals surface area (Å²) in [6.45, 7) is 1.32. The predicted molar refractivity (Wildman–Crippen MR) is 84.8 cm³/mol. The molecular formula is C14H13N3O5S. The van der Waals surface area contributed by atoms with Gasteiger partial charge in [0.15, 0.2) is 5.78 Å². The number of anilines is 2. The Labute approximate surface area is 132 Å². The number of nitrogens with one attached hydrogen (secondary N) is 1. The highest BCUT2D eigenvalue weighted by molar-refractivity contribution is 7.92. The molecule has 0 bridgehead atoms. The number of sulfonamides is 1. The largest absolute Gasteiger partial charge is 0.393 e. The summed E-state index contributed by atoms with van der Waals surface area (Å²) in [5, 5.41) is 10.8. The van der Waals surface area contributed by atoms with Crippen LogP contribution in [0.1, 0.15) is 17.3 Å². The third kappa shape index (κ3) is 3.64. The van der Waals surface area contributed by atoms with Gasteiger partial charge in [-0.2, -0.15) is 0 Å². The minimum atomic E-state index is -3.99. The van der Waals surface area contributed by atoms with E-state index in [4.69, 9.17) is 5.73 Å². The van der Waals surface area contributed by atoms with Crippen molar-refractivity contribution in [3.05, 3.63) is 58.1 Å². The van der Waals surface area contributed by atoms with E-state index in [0.717, 1.165) is 6.07 Å². The first kappa shape index (κ1) is 16.4. The number of rotatable bonds is 5. The van der Waals surface area contributed by atoms with Gasteiger partial charge in [-0.3, -0.25) is 19.6 Å². The van der Waals surface area contributed by atoms with E-state index < -0.39 is 20.6 Å². The molecule has 0 aliphatic carbocycles. The summed E-state index contributed by atoms with van der Waals surface area (Å²) in [5.74, 6) is -0.273. The summed E-state index contributed by atoms with van der Waals surface area (Å²) in [7, 11) is -3.99. The number of Topliss-reactive ketones (excluding diaryl/α,β-unsaturated/α-hetero) is 1. The first-order chi connectivity index (χ1) is 10.7. The van der Waals surface area contributed by atoms with Gasteiger partial charge in [0.05, 0.1) is 15.5 Å². The second-order valence-electron chi connectivity index (χ2n) is 4.72. The zero-order valence-corrected chi connectivity index (χ0v) is 12.8. The maximum absolute atomic E-state index is 12.3. The Morgan fingerprint density at radius 3 is 2.52 bits per heavy atom.